The summed E-state index contributed by atoms with van der Waals surface area (Å²) in [5.41, 5.74) is 1.38. The number of carboxylic acids is 1. The molecular weight excluding hydrogens is 292 g/mol. The Labute approximate surface area is 134 Å². The van der Waals surface area contributed by atoms with Crippen molar-refractivity contribution in [3.63, 3.8) is 0 Å². The average Bonchev–Trinajstić information content (AvgIpc) is 2.93. The van der Waals surface area contributed by atoms with Gasteiger partial charge in [-0.25, -0.2) is 9.48 Å². The van der Waals surface area contributed by atoms with Gasteiger partial charge in [-0.3, -0.25) is 0 Å². The van der Waals surface area contributed by atoms with E-state index in [1.165, 1.54) is 13.8 Å². The number of carboxylic acid groups (broad SMARTS) is 1. The van der Waals surface area contributed by atoms with Crippen LogP contribution in [0.1, 0.15) is 19.5 Å². The fraction of sp³-hybridized carbons (Fsp3) is 0.222. The average molecular weight is 310 g/mol. The molecule has 0 spiro atoms. The van der Waals surface area contributed by atoms with Gasteiger partial charge in [0.1, 0.15) is 0 Å². The first-order valence-corrected chi connectivity index (χ1v) is 7.38. The Morgan fingerprint density at radius 1 is 1.13 bits per heavy atom. The largest absolute Gasteiger partial charge is 0.479 e. The molecule has 5 heteroatoms. The molecule has 0 saturated heterocycles. The van der Waals surface area contributed by atoms with Crippen LogP contribution in [-0.2, 0) is 16.1 Å². The summed E-state index contributed by atoms with van der Waals surface area (Å²) in [7, 11) is 0. The molecule has 118 valence electrons. The van der Waals surface area contributed by atoms with E-state index in [1.54, 1.807) is 0 Å². The maximum Gasteiger partial charge on any atom is 0.335 e. The van der Waals surface area contributed by atoms with Gasteiger partial charge in [-0.2, -0.15) is 5.10 Å². The van der Waals surface area contributed by atoms with Crippen molar-refractivity contribution in [1.29, 1.82) is 0 Å². The zero-order valence-corrected chi connectivity index (χ0v) is 13.1. The van der Waals surface area contributed by atoms with E-state index in [1.807, 2.05) is 59.3 Å². The highest BCUT2D eigenvalue weighted by Crippen LogP contribution is 2.24. The van der Waals surface area contributed by atoms with Gasteiger partial charge in [0.15, 0.2) is 5.60 Å². The first-order valence-electron chi connectivity index (χ1n) is 7.38. The number of benzene rings is 2. The molecule has 3 rings (SSSR count). The fourth-order valence-corrected chi connectivity index (χ4v) is 2.31. The second-order valence-electron chi connectivity index (χ2n) is 5.82. The van der Waals surface area contributed by atoms with Crippen LogP contribution in [0.15, 0.2) is 54.6 Å². The molecule has 1 heterocycles. The van der Waals surface area contributed by atoms with Crippen molar-refractivity contribution < 1.29 is 14.6 Å². The maximum atomic E-state index is 11.2. The topological polar surface area (TPSA) is 64.4 Å². The second-order valence-corrected chi connectivity index (χ2v) is 5.82. The molecule has 0 fully saturated rings. The molecule has 0 atom stereocenters. The summed E-state index contributed by atoms with van der Waals surface area (Å²) in [5, 5.41) is 14.7. The Morgan fingerprint density at radius 2 is 1.78 bits per heavy atom. The monoisotopic (exact) mass is 310 g/mol. The Balaban J connectivity index is 2.01. The number of hydrogen-bond donors (Lipinski definition) is 1. The van der Waals surface area contributed by atoms with Crippen LogP contribution in [-0.4, -0.2) is 26.5 Å². The predicted molar refractivity (Wildman–Crippen MR) is 87.6 cm³/mol. The van der Waals surface area contributed by atoms with Gasteiger partial charge in [0.05, 0.1) is 23.5 Å². The first kappa shape index (κ1) is 15.2. The van der Waals surface area contributed by atoms with Crippen molar-refractivity contribution in [3.8, 4) is 5.69 Å². The number of ether oxygens (including phenoxy) is 1. The van der Waals surface area contributed by atoms with E-state index in [9.17, 15) is 4.79 Å². The van der Waals surface area contributed by atoms with Gasteiger partial charge in [-0.1, -0.05) is 36.4 Å². The van der Waals surface area contributed by atoms with Crippen LogP contribution in [0.5, 0.6) is 0 Å². The van der Waals surface area contributed by atoms with Crippen LogP contribution in [0.3, 0.4) is 0 Å². The molecule has 0 amide bonds. The van der Waals surface area contributed by atoms with E-state index in [0.717, 1.165) is 22.3 Å². The summed E-state index contributed by atoms with van der Waals surface area (Å²) >= 11 is 0. The highest BCUT2D eigenvalue weighted by atomic mass is 16.5. The molecule has 0 unspecified atom stereocenters. The van der Waals surface area contributed by atoms with Gasteiger partial charge in [-0.15, -0.1) is 0 Å². The number of para-hydroxylation sites is 2. The summed E-state index contributed by atoms with van der Waals surface area (Å²) in [6.45, 7) is 3.21. The summed E-state index contributed by atoms with van der Waals surface area (Å²) in [6.07, 6.45) is 0. The van der Waals surface area contributed by atoms with E-state index in [-0.39, 0.29) is 6.61 Å². The highest BCUT2D eigenvalue weighted by molar-refractivity contribution is 5.83. The smallest absolute Gasteiger partial charge is 0.335 e. The SMILES string of the molecule is CC(C)(OCc1nn(-c2ccccc2)c2ccccc12)C(=O)O. The third kappa shape index (κ3) is 2.96. The lowest BCUT2D eigenvalue weighted by Crippen LogP contribution is -2.34. The second kappa shape index (κ2) is 5.85. The van der Waals surface area contributed by atoms with E-state index in [4.69, 9.17) is 9.84 Å². The number of carbonyl (C=O) groups is 1. The normalized spacial score (nSPS) is 11.7. The lowest BCUT2D eigenvalue weighted by molar-refractivity contribution is -0.162. The van der Waals surface area contributed by atoms with Crippen LogP contribution in [0.4, 0.5) is 0 Å². The van der Waals surface area contributed by atoms with Crippen molar-refractivity contribution in [3.05, 3.63) is 60.3 Å². The van der Waals surface area contributed by atoms with E-state index in [2.05, 4.69) is 5.10 Å². The maximum absolute atomic E-state index is 11.2. The standard InChI is InChI=1S/C18H18N2O3/c1-18(2,17(21)22)23-12-15-14-10-6-7-11-16(14)20(19-15)13-8-4-3-5-9-13/h3-11H,12H2,1-2H3,(H,21,22). The predicted octanol–water partition coefficient (Wildman–Crippen LogP) is 3.41. The molecule has 3 aromatic rings. The van der Waals surface area contributed by atoms with Crippen LogP contribution in [0.25, 0.3) is 16.6 Å². The number of rotatable bonds is 5. The van der Waals surface area contributed by atoms with Gasteiger partial charge < -0.3 is 9.84 Å². The quantitative estimate of drug-likeness (QED) is 0.784. The molecule has 0 aliphatic carbocycles. The number of fused-ring (bicyclic) bond motifs is 1. The Hall–Kier alpha value is -2.66. The molecule has 0 radical (unpaired) electrons. The zero-order valence-electron chi connectivity index (χ0n) is 13.1. The van der Waals surface area contributed by atoms with Gasteiger partial charge >= 0.3 is 5.97 Å². The molecule has 23 heavy (non-hydrogen) atoms. The third-order valence-corrected chi connectivity index (χ3v) is 3.75. The number of hydrogen-bond acceptors (Lipinski definition) is 3. The lowest BCUT2D eigenvalue weighted by Gasteiger charge is -2.19. The Morgan fingerprint density at radius 3 is 2.48 bits per heavy atom. The Bertz CT molecular complexity index is 838. The summed E-state index contributed by atoms with van der Waals surface area (Å²) < 4.78 is 7.41. The molecular formula is C18H18N2O3. The minimum atomic E-state index is -1.25. The summed E-state index contributed by atoms with van der Waals surface area (Å²) in [6, 6.07) is 17.7. The van der Waals surface area contributed by atoms with Gasteiger partial charge in [0.25, 0.3) is 0 Å². The minimum absolute atomic E-state index is 0.139. The molecule has 1 aromatic heterocycles. The van der Waals surface area contributed by atoms with Crippen LogP contribution < -0.4 is 0 Å². The highest BCUT2D eigenvalue weighted by Gasteiger charge is 2.28. The van der Waals surface area contributed by atoms with Crippen molar-refractivity contribution in [2.45, 2.75) is 26.1 Å². The van der Waals surface area contributed by atoms with Crippen molar-refractivity contribution in [1.82, 2.24) is 9.78 Å². The molecule has 2 aromatic carbocycles. The van der Waals surface area contributed by atoms with Crippen molar-refractivity contribution in [2.75, 3.05) is 0 Å². The van der Waals surface area contributed by atoms with Crippen LogP contribution in [0.2, 0.25) is 0 Å². The first-order chi connectivity index (χ1) is 11.0. The summed E-state index contributed by atoms with van der Waals surface area (Å²) in [5.74, 6) is -0.996. The van der Waals surface area contributed by atoms with Crippen LogP contribution >= 0.6 is 0 Å². The minimum Gasteiger partial charge on any atom is -0.479 e. The van der Waals surface area contributed by atoms with Gasteiger partial charge in [-0.05, 0) is 32.0 Å². The number of nitrogens with zero attached hydrogens (tertiary/aromatic N) is 2. The van der Waals surface area contributed by atoms with Gasteiger partial charge in [0, 0.05) is 5.39 Å². The van der Waals surface area contributed by atoms with E-state index in [0.29, 0.717) is 0 Å². The molecule has 0 bridgehead atoms. The van der Waals surface area contributed by atoms with Crippen LogP contribution in [0, 0.1) is 0 Å². The van der Waals surface area contributed by atoms with E-state index < -0.39 is 11.6 Å². The van der Waals surface area contributed by atoms with E-state index >= 15 is 0 Å². The number of aromatic nitrogens is 2. The number of aliphatic carboxylic acids is 1. The Kier molecular flexibility index (Phi) is 3.88. The van der Waals surface area contributed by atoms with Crippen molar-refractivity contribution in [2.24, 2.45) is 0 Å². The molecule has 5 nitrogen and oxygen atoms in total. The molecule has 0 saturated carbocycles. The lowest BCUT2D eigenvalue weighted by atomic mass is 10.1. The van der Waals surface area contributed by atoms with Gasteiger partial charge in [0.2, 0.25) is 0 Å². The van der Waals surface area contributed by atoms with Crippen molar-refractivity contribution >= 4 is 16.9 Å². The molecule has 0 aliphatic rings. The zero-order chi connectivity index (χ0) is 16.4. The fourth-order valence-electron chi connectivity index (χ4n) is 2.31. The third-order valence-electron chi connectivity index (χ3n) is 3.75. The summed E-state index contributed by atoms with van der Waals surface area (Å²) in [4.78, 5) is 11.2. The molecule has 0 aliphatic heterocycles. The molecule has 1 N–H and O–H groups in total.